The number of Topliss-reactive ketones (excluding diaryl/α,β-unsaturated/α-hetero) is 1. The minimum absolute atomic E-state index is 0.261. The number of methoxy groups -OCH3 is 1. The van der Waals surface area contributed by atoms with E-state index in [2.05, 4.69) is 27.3 Å². The zero-order valence-electron chi connectivity index (χ0n) is 12.7. The topological polar surface area (TPSA) is 63.6 Å². The highest BCUT2D eigenvalue weighted by Gasteiger charge is 2.19. The van der Waals surface area contributed by atoms with Gasteiger partial charge in [0.25, 0.3) is 0 Å². The van der Waals surface area contributed by atoms with Crippen LogP contribution >= 0.6 is 22.6 Å². The van der Waals surface area contributed by atoms with Crippen LogP contribution in [0.3, 0.4) is 0 Å². The molecule has 0 saturated carbocycles. The Balaban J connectivity index is 2.04. The van der Waals surface area contributed by atoms with E-state index in [0.717, 1.165) is 9.13 Å². The molecule has 0 aliphatic heterocycles. The fraction of sp³-hybridized carbons (Fsp3) is 0.222. The van der Waals surface area contributed by atoms with E-state index in [4.69, 9.17) is 0 Å². The SMILES string of the molecule is COC(=O)CCc1ccc(C(O)C(=O)c2ccc(I)cc2)cc1. The molecule has 0 bridgehead atoms. The van der Waals surface area contributed by atoms with Crippen LogP contribution < -0.4 is 0 Å². The minimum Gasteiger partial charge on any atom is -0.469 e. The molecule has 0 aromatic heterocycles. The van der Waals surface area contributed by atoms with E-state index in [1.807, 2.05) is 24.3 Å². The Morgan fingerprint density at radius 1 is 1.09 bits per heavy atom. The van der Waals surface area contributed by atoms with Gasteiger partial charge in [0.2, 0.25) is 0 Å². The number of aliphatic hydroxyl groups is 1. The summed E-state index contributed by atoms with van der Waals surface area (Å²) in [6.07, 6.45) is -0.321. The standard InChI is InChI=1S/C18H17IO4/c1-23-16(20)11-4-12-2-5-13(6-3-12)17(21)18(22)14-7-9-15(19)10-8-14/h2-3,5-10,17,21H,4,11H2,1H3. The third-order valence-corrected chi connectivity index (χ3v) is 4.24. The van der Waals surface area contributed by atoms with Gasteiger partial charge in [0.15, 0.2) is 5.78 Å². The molecule has 0 spiro atoms. The van der Waals surface area contributed by atoms with E-state index in [-0.39, 0.29) is 11.8 Å². The van der Waals surface area contributed by atoms with Gasteiger partial charge < -0.3 is 9.84 Å². The minimum atomic E-state index is -1.19. The van der Waals surface area contributed by atoms with Gasteiger partial charge in [-0.15, -0.1) is 0 Å². The van der Waals surface area contributed by atoms with Crippen molar-refractivity contribution in [2.75, 3.05) is 7.11 Å². The third kappa shape index (κ3) is 4.87. The molecule has 0 amide bonds. The van der Waals surface area contributed by atoms with Gasteiger partial charge in [-0.2, -0.15) is 0 Å². The number of halogens is 1. The molecule has 23 heavy (non-hydrogen) atoms. The zero-order chi connectivity index (χ0) is 16.8. The quantitative estimate of drug-likeness (QED) is 0.439. The van der Waals surface area contributed by atoms with Crippen LogP contribution in [-0.4, -0.2) is 24.0 Å². The third-order valence-electron chi connectivity index (χ3n) is 3.52. The predicted molar refractivity (Wildman–Crippen MR) is 95.2 cm³/mol. The largest absolute Gasteiger partial charge is 0.469 e. The molecule has 0 heterocycles. The number of ketones is 1. The molecule has 0 aliphatic rings. The van der Waals surface area contributed by atoms with Crippen molar-refractivity contribution < 1.29 is 19.4 Å². The van der Waals surface area contributed by atoms with Crippen molar-refractivity contribution in [3.8, 4) is 0 Å². The Morgan fingerprint density at radius 3 is 2.26 bits per heavy atom. The molecule has 4 nitrogen and oxygen atoms in total. The highest BCUT2D eigenvalue weighted by Crippen LogP contribution is 2.20. The summed E-state index contributed by atoms with van der Waals surface area (Å²) in [5.74, 6) is -0.591. The van der Waals surface area contributed by atoms with E-state index < -0.39 is 6.10 Å². The molecule has 2 rings (SSSR count). The molecule has 2 aromatic rings. The average molecular weight is 424 g/mol. The molecule has 1 unspecified atom stereocenters. The fourth-order valence-electron chi connectivity index (χ4n) is 2.14. The van der Waals surface area contributed by atoms with Gasteiger partial charge in [-0.25, -0.2) is 0 Å². The summed E-state index contributed by atoms with van der Waals surface area (Å²) in [7, 11) is 1.36. The van der Waals surface area contributed by atoms with Gasteiger partial charge in [0.1, 0.15) is 6.10 Å². The molecule has 5 heteroatoms. The lowest BCUT2D eigenvalue weighted by atomic mass is 9.98. The summed E-state index contributed by atoms with van der Waals surface area (Å²) in [6.45, 7) is 0. The summed E-state index contributed by atoms with van der Waals surface area (Å²) in [6, 6.07) is 14.1. The monoisotopic (exact) mass is 424 g/mol. The lowest BCUT2D eigenvalue weighted by Gasteiger charge is -2.11. The van der Waals surface area contributed by atoms with Crippen molar-refractivity contribution in [2.45, 2.75) is 18.9 Å². The molecule has 2 aromatic carbocycles. The Bertz CT molecular complexity index is 677. The molecule has 1 N–H and O–H groups in total. The molecule has 0 aliphatic carbocycles. The van der Waals surface area contributed by atoms with Crippen molar-refractivity contribution in [1.29, 1.82) is 0 Å². The van der Waals surface area contributed by atoms with Crippen molar-refractivity contribution in [3.05, 3.63) is 68.8 Å². The second kappa shape index (κ2) is 8.21. The van der Waals surface area contributed by atoms with Crippen molar-refractivity contribution >= 4 is 34.3 Å². The van der Waals surface area contributed by atoms with E-state index in [0.29, 0.717) is 24.0 Å². The summed E-state index contributed by atoms with van der Waals surface area (Å²) in [5.41, 5.74) is 1.97. The lowest BCUT2D eigenvalue weighted by Crippen LogP contribution is -2.12. The summed E-state index contributed by atoms with van der Waals surface area (Å²) < 4.78 is 5.63. The van der Waals surface area contributed by atoms with Crippen molar-refractivity contribution in [2.24, 2.45) is 0 Å². The smallest absolute Gasteiger partial charge is 0.305 e. The number of aliphatic hydroxyl groups excluding tert-OH is 1. The van der Waals surface area contributed by atoms with Gasteiger partial charge in [-0.05, 0) is 52.3 Å². The second-order valence-corrected chi connectivity index (χ2v) is 6.34. The number of carbonyl (C=O) groups excluding carboxylic acids is 2. The number of aryl methyl sites for hydroxylation is 1. The molecule has 1 atom stereocenters. The normalized spacial score (nSPS) is 11.8. The van der Waals surface area contributed by atoms with Crippen LogP contribution in [0.5, 0.6) is 0 Å². The van der Waals surface area contributed by atoms with Gasteiger partial charge in [-0.3, -0.25) is 9.59 Å². The molecular weight excluding hydrogens is 407 g/mol. The fourth-order valence-corrected chi connectivity index (χ4v) is 2.50. The van der Waals surface area contributed by atoms with Crippen LogP contribution in [0.25, 0.3) is 0 Å². The Kier molecular flexibility index (Phi) is 6.29. The van der Waals surface area contributed by atoms with Gasteiger partial charge in [0, 0.05) is 15.6 Å². The van der Waals surface area contributed by atoms with Crippen LogP contribution in [-0.2, 0) is 16.0 Å². The maximum atomic E-state index is 12.3. The van der Waals surface area contributed by atoms with E-state index in [1.54, 1.807) is 24.3 Å². The molecule has 120 valence electrons. The summed E-state index contributed by atoms with van der Waals surface area (Å²) >= 11 is 2.16. The maximum absolute atomic E-state index is 12.3. The number of carbonyl (C=O) groups is 2. The maximum Gasteiger partial charge on any atom is 0.305 e. The number of hydrogen-bond donors (Lipinski definition) is 1. The van der Waals surface area contributed by atoms with E-state index in [9.17, 15) is 14.7 Å². The molecule has 0 fully saturated rings. The first-order chi connectivity index (χ1) is 11.0. The Hall–Kier alpha value is -1.73. The van der Waals surface area contributed by atoms with Crippen molar-refractivity contribution in [1.82, 2.24) is 0 Å². The number of benzene rings is 2. The number of hydrogen-bond acceptors (Lipinski definition) is 4. The number of rotatable bonds is 6. The highest BCUT2D eigenvalue weighted by atomic mass is 127. The summed E-state index contributed by atoms with van der Waals surface area (Å²) in [5, 5.41) is 10.2. The number of ether oxygens (including phenoxy) is 1. The van der Waals surface area contributed by atoms with Crippen LogP contribution in [0.2, 0.25) is 0 Å². The molecule has 0 saturated heterocycles. The lowest BCUT2D eigenvalue weighted by molar-refractivity contribution is -0.140. The van der Waals surface area contributed by atoms with Gasteiger partial charge in [-0.1, -0.05) is 36.4 Å². The highest BCUT2D eigenvalue weighted by molar-refractivity contribution is 14.1. The predicted octanol–water partition coefficient (Wildman–Crippen LogP) is 3.31. The Morgan fingerprint density at radius 2 is 1.70 bits per heavy atom. The first kappa shape index (κ1) is 17.6. The van der Waals surface area contributed by atoms with E-state index in [1.165, 1.54) is 7.11 Å². The van der Waals surface area contributed by atoms with Crippen LogP contribution in [0.15, 0.2) is 48.5 Å². The molecule has 0 radical (unpaired) electrons. The zero-order valence-corrected chi connectivity index (χ0v) is 14.8. The van der Waals surface area contributed by atoms with Gasteiger partial charge >= 0.3 is 5.97 Å². The van der Waals surface area contributed by atoms with Crippen LogP contribution in [0.4, 0.5) is 0 Å². The van der Waals surface area contributed by atoms with Gasteiger partial charge in [0.05, 0.1) is 7.11 Å². The van der Waals surface area contributed by atoms with Crippen molar-refractivity contribution in [3.63, 3.8) is 0 Å². The second-order valence-electron chi connectivity index (χ2n) is 5.09. The first-order valence-electron chi connectivity index (χ1n) is 7.14. The number of esters is 1. The first-order valence-corrected chi connectivity index (χ1v) is 8.22. The van der Waals surface area contributed by atoms with Crippen LogP contribution in [0, 0.1) is 3.57 Å². The Labute approximate surface area is 148 Å². The average Bonchev–Trinajstić information content (AvgIpc) is 2.59. The summed E-state index contributed by atoms with van der Waals surface area (Å²) in [4.78, 5) is 23.4. The van der Waals surface area contributed by atoms with Crippen LogP contribution in [0.1, 0.15) is 34.0 Å². The molecular formula is C18H17IO4. The van der Waals surface area contributed by atoms with E-state index >= 15 is 0 Å².